The smallest absolute Gasteiger partial charge is 0.134 e. The number of anilines is 1. The van der Waals surface area contributed by atoms with Crippen LogP contribution in [0, 0.1) is 0 Å². The average molecular weight is 382 g/mol. The van der Waals surface area contributed by atoms with E-state index >= 15 is 0 Å². The summed E-state index contributed by atoms with van der Waals surface area (Å²) in [5, 5.41) is 12.5. The highest BCUT2D eigenvalue weighted by molar-refractivity contribution is 5.75. The molecule has 3 aliphatic rings. The van der Waals surface area contributed by atoms with Crippen molar-refractivity contribution in [3.8, 4) is 17.0 Å². The number of benzene rings is 1. The first kappa shape index (κ1) is 18.0. The largest absolute Gasteiger partial charge is 0.489 e. The van der Waals surface area contributed by atoms with Crippen molar-refractivity contribution in [1.29, 1.82) is 0 Å². The number of aromatic nitrogens is 3. The third-order valence-electron chi connectivity index (χ3n) is 6.89. The van der Waals surface area contributed by atoms with E-state index in [4.69, 9.17) is 4.74 Å². The molecule has 6 heteroatoms. The molecule has 1 saturated heterocycles. The summed E-state index contributed by atoms with van der Waals surface area (Å²) in [6.45, 7) is 4.41. The minimum absolute atomic E-state index is 0.356. The molecule has 2 aromatic rings. The molecule has 2 fully saturated rings. The van der Waals surface area contributed by atoms with Gasteiger partial charge in [-0.2, -0.15) is 0 Å². The highest BCUT2D eigenvalue weighted by atomic mass is 16.5. The van der Waals surface area contributed by atoms with Crippen molar-refractivity contribution in [2.45, 2.75) is 70.1 Å². The number of hydrogen-bond acceptors (Lipinski definition) is 5. The number of nitrogens with one attached hydrogen (secondary N) is 1. The van der Waals surface area contributed by atoms with Gasteiger partial charge in [0.05, 0.1) is 18.3 Å². The first-order valence-corrected chi connectivity index (χ1v) is 10.9. The average Bonchev–Trinajstić information content (AvgIpc) is 3.18. The van der Waals surface area contributed by atoms with E-state index in [0.29, 0.717) is 18.2 Å². The standard InChI is InChI=1S/C22H31N5O/c1-15-6-7-19-21(26(15)2)9-8-18(22(19)28-17-4-3-5-17)20-14-27(25-24-20)16-10-12-23-13-11-16/h8-9,14-17,23H,3-7,10-13H2,1-2H3. The van der Waals surface area contributed by atoms with Crippen LogP contribution in [-0.4, -0.2) is 47.3 Å². The van der Waals surface area contributed by atoms with Crippen molar-refractivity contribution >= 4 is 5.69 Å². The monoisotopic (exact) mass is 381 g/mol. The molecule has 150 valence electrons. The number of piperidine rings is 1. The summed E-state index contributed by atoms with van der Waals surface area (Å²) < 4.78 is 8.63. The molecule has 1 N–H and O–H groups in total. The Morgan fingerprint density at radius 3 is 2.68 bits per heavy atom. The second kappa shape index (κ2) is 7.39. The van der Waals surface area contributed by atoms with Crippen LogP contribution in [0.3, 0.4) is 0 Å². The summed E-state index contributed by atoms with van der Waals surface area (Å²) in [5.41, 5.74) is 4.70. The Hall–Kier alpha value is -2.08. The van der Waals surface area contributed by atoms with Crippen molar-refractivity contribution in [3.63, 3.8) is 0 Å². The van der Waals surface area contributed by atoms with Gasteiger partial charge in [0.15, 0.2) is 0 Å². The molecule has 1 saturated carbocycles. The molecule has 6 nitrogen and oxygen atoms in total. The van der Waals surface area contributed by atoms with E-state index in [0.717, 1.165) is 68.6 Å². The summed E-state index contributed by atoms with van der Waals surface area (Å²) in [4.78, 5) is 2.39. The molecule has 5 rings (SSSR count). The minimum Gasteiger partial charge on any atom is -0.489 e. The molecule has 1 aliphatic carbocycles. The van der Waals surface area contributed by atoms with E-state index in [-0.39, 0.29) is 0 Å². The van der Waals surface area contributed by atoms with Gasteiger partial charge in [-0.15, -0.1) is 5.10 Å². The molecule has 28 heavy (non-hydrogen) atoms. The van der Waals surface area contributed by atoms with Gasteiger partial charge in [0, 0.05) is 29.9 Å². The molecule has 0 radical (unpaired) electrons. The van der Waals surface area contributed by atoms with Gasteiger partial charge in [-0.3, -0.25) is 0 Å². The number of hydrogen-bond donors (Lipinski definition) is 1. The maximum atomic E-state index is 6.56. The first-order chi connectivity index (χ1) is 13.7. The number of fused-ring (bicyclic) bond motifs is 1. The third-order valence-corrected chi connectivity index (χ3v) is 6.89. The van der Waals surface area contributed by atoms with Crippen molar-refractivity contribution in [2.75, 3.05) is 25.0 Å². The van der Waals surface area contributed by atoms with Crippen molar-refractivity contribution in [2.24, 2.45) is 0 Å². The second-order valence-corrected chi connectivity index (χ2v) is 8.67. The van der Waals surface area contributed by atoms with Gasteiger partial charge in [0.2, 0.25) is 0 Å². The lowest BCUT2D eigenvalue weighted by Gasteiger charge is -2.36. The zero-order valence-electron chi connectivity index (χ0n) is 17.0. The van der Waals surface area contributed by atoms with E-state index in [1.54, 1.807) is 0 Å². The summed E-state index contributed by atoms with van der Waals surface area (Å²) in [6.07, 6.45) is 10.5. The molecule has 0 bridgehead atoms. The number of nitrogens with zero attached hydrogens (tertiary/aromatic N) is 4. The molecular weight excluding hydrogens is 350 g/mol. The van der Waals surface area contributed by atoms with E-state index < -0.39 is 0 Å². The van der Waals surface area contributed by atoms with Crippen LogP contribution in [0.4, 0.5) is 5.69 Å². The van der Waals surface area contributed by atoms with Crippen LogP contribution in [0.15, 0.2) is 18.3 Å². The van der Waals surface area contributed by atoms with Gasteiger partial charge in [0.1, 0.15) is 11.4 Å². The summed E-state index contributed by atoms with van der Waals surface area (Å²) in [6, 6.07) is 5.45. The van der Waals surface area contributed by atoms with Crippen LogP contribution in [0.2, 0.25) is 0 Å². The van der Waals surface area contributed by atoms with E-state index in [1.807, 2.05) is 0 Å². The predicted octanol–water partition coefficient (Wildman–Crippen LogP) is 3.57. The van der Waals surface area contributed by atoms with Gasteiger partial charge in [-0.1, -0.05) is 5.21 Å². The molecule has 3 heterocycles. The first-order valence-electron chi connectivity index (χ1n) is 10.9. The Bertz CT molecular complexity index is 837. The predicted molar refractivity (Wildman–Crippen MR) is 111 cm³/mol. The fraction of sp³-hybridized carbons (Fsp3) is 0.636. The molecule has 0 spiro atoms. The lowest BCUT2D eigenvalue weighted by Crippen LogP contribution is -2.34. The molecule has 1 aromatic carbocycles. The van der Waals surface area contributed by atoms with Crippen molar-refractivity contribution in [1.82, 2.24) is 20.3 Å². The lowest BCUT2D eigenvalue weighted by atomic mass is 9.92. The Labute approximate surface area is 167 Å². The maximum Gasteiger partial charge on any atom is 0.134 e. The fourth-order valence-corrected chi connectivity index (χ4v) is 4.62. The van der Waals surface area contributed by atoms with Crippen LogP contribution in [0.25, 0.3) is 11.3 Å². The highest BCUT2D eigenvalue weighted by Gasteiger charge is 2.29. The van der Waals surface area contributed by atoms with E-state index in [9.17, 15) is 0 Å². The highest BCUT2D eigenvalue weighted by Crippen LogP contribution is 2.43. The van der Waals surface area contributed by atoms with Crippen LogP contribution in [-0.2, 0) is 6.42 Å². The zero-order chi connectivity index (χ0) is 19.1. The molecule has 1 unspecified atom stereocenters. The zero-order valence-corrected chi connectivity index (χ0v) is 17.0. The van der Waals surface area contributed by atoms with Gasteiger partial charge in [-0.05, 0) is 77.1 Å². The SMILES string of the molecule is CC1CCc2c(ccc(-c3cn(C4CCNCC4)nn3)c2OC2CCC2)N1C. The quantitative estimate of drug-likeness (QED) is 0.877. The topological polar surface area (TPSA) is 55.2 Å². The Kier molecular flexibility index (Phi) is 4.75. The Morgan fingerprint density at radius 2 is 1.93 bits per heavy atom. The van der Waals surface area contributed by atoms with Crippen molar-refractivity contribution in [3.05, 3.63) is 23.9 Å². The van der Waals surface area contributed by atoms with Crippen LogP contribution in [0.5, 0.6) is 5.75 Å². The number of ether oxygens (including phenoxy) is 1. The van der Waals surface area contributed by atoms with Gasteiger partial charge >= 0.3 is 0 Å². The Balaban J connectivity index is 1.52. The third kappa shape index (κ3) is 3.17. The second-order valence-electron chi connectivity index (χ2n) is 8.67. The van der Waals surface area contributed by atoms with Crippen LogP contribution < -0.4 is 15.0 Å². The molecular formula is C22H31N5O. The van der Waals surface area contributed by atoms with Gasteiger partial charge in [-0.25, -0.2) is 4.68 Å². The number of rotatable bonds is 4. The van der Waals surface area contributed by atoms with Crippen molar-refractivity contribution < 1.29 is 4.74 Å². The Morgan fingerprint density at radius 1 is 1.11 bits per heavy atom. The summed E-state index contributed by atoms with van der Waals surface area (Å²) in [5.74, 6) is 1.05. The molecule has 1 aromatic heterocycles. The molecule has 1 atom stereocenters. The fourth-order valence-electron chi connectivity index (χ4n) is 4.62. The summed E-state index contributed by atoms with van der Waals surface area (Å²) >= 11 is 0. The van der Waals surface area contributed by atoms with E-state index in [1.165, 1.54) is 17.7 Å². The van der Waals surface area contributed by atoms with Gasteiger partial charge in [0.25, 0.3) is 0 Å². The minimum atomic E-state index is 0.356. The maximum absolute atomic E-state index is 6.56. The van der Waals surface area contributed by atoms with Crippen LogP contribution >= 0.6 is 0 Å². The van der Waals surface area contributed by atoms with Gasteiger partial charge < -0.3 is 15.0 Å². The normalized spacial score (nSPS) is 23.4. The van der Waals surface area contributed by atoms with Crippen LogP contribution in [0.1, 0.15) is 57.1 Å². The molecule has 2 aliphatic heterocycles. The van der Waals surface area contributed by atoms with E-state index in [2.05, 4.69) is 57.5 Å². The molecule has 0 amide bonds. The summed E-state index contributed by atoms with van der Waals surface area (Å²) in [7, 11) is 2.20. The lowest BCUT2D eigenvalue weighted by molar-refractivity contribution is 0.119.